The molecule has 0 aromatic carbocycles. The summed E-state index contributed by atoms with van der Waals surface area (Å²) in [4.78, 5) is 9.98. The molecule has 2 rings (SSSR count). The van der Waals surface area contributed by atoms with Crippen LogP contribution in [0.4, 0.5) is 0 Å². The zero-order chi connectivity index (χ0) is 16.5. The van der Waals surface area contributed by atoms with E-state index in [1.165, 1.54) is 65.0 Å². The quantitative estimate of drug-likeness (QED) is 0.355. The van der Waals surface area contributed by atoms with Crippen molar-refractivity contribution in [1.29, 1.82) is 0 Å². The standard InChI is InChI=1S/C18H37N5.HI/c1-4-10-23-12-8-17(9-13-23)21-18(19-5-2)20-14-16-7-11-22(6-3)15-16;/h16-17H,4-15H2,1-3H3,(H2,19,20,21);1H. The number of piperidine rings is 1. The molecule has 0 aromatic rings. The molecule has 0 spiro atoms. The number of nitrogens with zero attached hydrogens (tertiary/aromatic N) is 3. The second-order valence-electron chi connectivity index (χ2n) is 7.03. The second-order valence-corrected chi connectivity index (χ2v) is 7.03. The summed E-state index contributed by atoms with van der Waals surface area (Å²) in [5, 5.41) is 7.09. The molecule has 142 valence electrons. The number of guanidine groups is 1. The zero-order valence-electron chi connectivity index (χ0n) is 15.9. The van der Waals surface area contributed by atoms with Crippen LogP contribution < -0.4 is 10.6 Å². The molecule has 0 aromatic heterocycles. The summed E-state index contributed by atoms with van der Waals surface area (Å²) >= 11 is 0. The maximum atomic E-state index is 4.87. The van der Waals surface area contributed by atoms with Crippen LogP contribution in [0.15, 0.2) is 4.99 Å². The molecule has 2 aliphatic heterocycles. The van der Waals surface area contributed by atoms with Gasteiger partial charge in [0.25, 0.3) is 0 Å². The maximum absolute atomic E-state index is 4.87. The number of halogens is 1. The fraction of sp³-hybridized carbons (Fsp3) is 0.944. The van der Waals surface area contributed by atoms with Crippen LogP contribution in [0.1, 0.15) is 46.5 Å². The lowest BCUT2D eigenvalue weighted by molar-refractivity contribution is 0.206. The van der Waals surface area contributed by atoms with Crippen molar-refractivity contribution in [3.63, 3.8) is 0 Å². The minimum atomic E-state index is 0. The van der Waals surface area contributed by atoms with Gasteiger partial charge in [0, 0.05) is 38.8 Å². The Hall–Kier alpha value is -0.0800. The molecule has 0 amide bonds. The SMILES string of the molecule is CCCN1CCC(NC(=NCC2CCN(CC)C2)NCC)CC1.I. The van der Waals surface area contributed by atoms with Gasteiger partial charge in [0.15, 0.2) is 5.96 Å². The van der Waals surface area contributed by atoms with Crippen molar-refractivity contribution < 1.29 is 0 Å². The van der Waals surface area contributed by atoms with E-state index in [4.69, 9.17) is 4.99 Å². The number of hydrogen-bond donors (Lipinski definition) is 2. The summed E-state index contributed by atoms with van der Waals surface area (Å²) in [6.07, 6.45) is 5.03. The fourth-order valence-corrected chi connectivity index (χ4v) is 3.70. The van der Waals surface area contributed by atoms with Gasteiger partial charge in [-0.05, 0) is 58.2 Å². The van der Waals surface area contributed by atoms with Crippen molar-refractivity contribution in [3.8, 4) is 0 Å². The molecule has 24 heavy (non-hydrogen) atoms. The predicted octanol–water partition coefficient (Wildman–Crippen LogP) is 2.38. The van der Waals surface area contributed by atoms with Crippen LogP contribution in [0.3, 0.4) is 0 Å². The molecule has 2 saturated heterocycles. The van der Waals surface area contributed by atoms with Crippen LogP contribution in [-0.4, -0.2) is 74.2 Å². The molecule has 0 radical (unpaired) electrons. The Balaban J connectivity index is 0.00000288. The summed E-state index contributed by atoms with van der Waals surface area (Å²) in [6, 6.07) is 0.580. The Labute approximate surface area is 166 Å². The van der Waals surface area contributed by atoms with Crippen molar-refractivity contribution in [3.05, 3.63) is 0 Å². The summed E-state index contributed by atoms with van der Waals surface area (Å²) in [6.45, 7) is 15.9. The van der Waals surface area contributed by atoms with E-state index in [1.54, 1.807) is 0 Å². The average Bonchev–Trinajstić information content (AvgIpc) is 3.03. The van der Waals surface area contributed by atoms with Crippen LogP contribution in [0.2, 0.25) is 0 Å². The summed E-state index contributed by atoms with van der Waals surface area (Å²) in [5.41, 5.74) is 0. The summed E-state index contributed by atoms with van der Waals surface area (Å²) < 4.78 is 0. The van der Waals surface area contributed by atoms with Gasteiger partial charge in [-0.1, -0.05) is 13.8 Å². The maximum Gasteiger partial charge on any atom is 0.191 e. The van der Waals surface area contributed by atoms with E-state index < -0.39 is 0 Å². The van der Waals surface area contributed by atoms with Crippen LogP contribution in [0.5, 0.6) is 0 Å². The third-order valence-corrected chi connectivity index (χ3v) is 5.14. The predicted molar refractivity (Wildman–Crippen MR) is 115 cm³/mol. The Morgan fingerprint density at radius 2 is 1.75 bits per heavy atom. The van der Waals surface area contributed by atoms with Crippen LogP contribution in [0, 0.1) is 5.92 Å². The Kier molecular flexibility index (Phi) is 11.3. The monoisotopic (exact) mass is 451 g/mol. The number of likely N-dealkylation sites (tertiary alicyclic amines) is 2. The lowest BCUT2D eigenvalue weighted by Crippen LogP contribution is -2.48. The minimum Gasteiger partial charge on any atom is -0.357 e. The number of nitrogens with one attached hydrogen (secondary N) is 2. The first-order chi connectivity index (χ1) is 11.2. The normalized spacial score (nSPS) is 24.0. The molecule has 0 bridgehead atoms. The topological polar surface area (TPSA) is 42.9 Å². The molecule has 1 atom stereocenters. The highest BCUT2D eigenvalue weighted by molar-refractivity contribution is 14.0. The Morgan fingerprint density at radius 3 is 2.33 bits per heavy atom. The number of rotatable bonds is 7. The fourth-order valence-electron chi connectivity index (χ4n) is 3.70. The van der Waals surface area contributed by atoms with E-state index in [9.17, 15) is 0 Å². The third kappa shape index (κ3) is 7.44. The van der Waals surface area contributed by atoms with Crippen molar-refractivity contribution in [2.45, 2.75) is 52.5 Å². The third-order valence-electron chi connectivity index (χ3n) is 5.14. The molecule has 2 aliphatic rings. The molecule has 1 unspecified atom stereocenters. The summed E-state index contributed by atoms with van der Waals surface area (Å²) in [7, 11) is 0. The molecular formula is C18H38IN5. The molecule has 2 N–H and O–H groups in total. The molecule has 2 fully saturated rings. The van der Waals surface area contributed by atoms with Gasteiger partial charge in [-0.3, -0.25) is 4.99 Å². The van der Waals surface area contributed by atoms with Crippen LogP contribution >= 0.6 is 24.0 Å². The van der Waals surface area contributed by atoms with Crippen LogP contribution in [0.25, 0.3) is 0 Å². The van der Waals surface area contributed by atoms with E-state index in [1.807, 2.05) is 0 Å². The molecular weight excluding hydrogens is 413 g/mol. The van der Waals surface area contributed by atoms with Gasteiger partial charge in [-0.2, -0.15) is 0 Å². The van der Waals surface area contributed by atoms with Gasteiger partial charge < -0.3 is 20.4 Å². The largest absolute Gasteiger partial charge is 0.357 e. The number of hydrogen-bond acceptors (Lipinski definition) is 3. The molecule has 0 saturated carbocycles. The highest BCUT2D eigenvalue weighted by atomic mass is 127. The van der Waals surface area contributed by atoms with Gasteiger partial charge in [0.2, 0.25) is 0 Å². The Bertz CT molecular complexity index is 355. The second kappa shape index (κ2) is 12.3. The highest BCUT2D eigenvalue weighted by Crippen LogP contribution is 2.16. The van der Waals surface area contributed by atoms with E-state index in [0.29, 0.717) is 6.04 Å². The first kappa shape index (κ1) is 22.0. The van der Waals surface area contributed by atoms with Gasteiger partial charge in [-0.15, -0.1) is 24.0 Å². The average molecular weight is 451 g/mol. The molecule has 6 heteroatoms. The van der Waals surface area contributed by atoms with E-state index in [0.717, 1.165) is 25.0 Å². The van der Waals surface area contributed by atoms with E-state index in [2.05, 4.69) is 41.2 Å². The minimum absolute atomic E-state index is 0. The first-order valence-corrected chi connectivity index (χ1v) is 9.74. The first-order valence-electron chi connectivity index (χ1n) is 9.74. The molecule has 5 nitrogen and oxygen atoms in total. The van der Waals surface area contributed by atoms with Crippen molar-refractivity contribution in [2.24, 2.45) is 10.9 Å². The van der Waals surface area contributed by atoms with Crippen LogP contribution in [-0.2, 0) is 0 Å². The van der Waals surface area contributed by atoms with E-state index >= 15 is 0 Å². The zero-order valence-corrected chi connectivity index (χ0v) is 18.2. The molecule has 0 aliphatic carbocycles. The van der Waals surface area contributed by atoms with Gasteiger partial charge in [0.1, 0.15) is 0 Å². The smallest absolute Gasteiger partial charge is 0.191 e. The highest BCUT2D eigenvalue weighted by Gasteiger charge is 2.22. The molecule has 2 heterocycles. The van der Waals surface area contributed by atoms with Gasteiger partial charge >= 0.3 is 0 Å². The lowest BCUT2D eigenvalue weighted by Gasteiger charge is -2.32. The van der Waals surface area contributed by atoms with Gasteiger partial charge in [0.05, 0.1) is 0 Å². The Morgan fingerprint density at radius 1 is 1.04 bits per heavy atom. The van der Waals surface area contributed by atoms with E-state index in [-0.39, 0.29) is 24.0 Å². The van der Waals surface area contributed by atoms with Gasteiger partial charge in [-0.25, -0.2) is 0 Å². The number of aliphatic imine (C=N–C) groups is 1. The lowest BCUT2D eigenvalue weighted by atomic mass is 10.1. The van der Waals surface area contributed by atoms with Crippen molar-refractivity contribution >= 4 is 29.9 Å². The van der Waals surface area contributed by atoms with Crippen molar-refractivity contribution in [2.75, 3.05) is 52.4 Å². The summed E-state index contributed by atoms with van der Waals surface area (Å²) in [5.74, 6) is 1.76. The van der Waals surface area contributed by atoms with Crippen molar-refractivity contribution in [1.82, 2.24) is 20.4 Å².